The lowest BCUT2D eigenvalue weighted by atomic mass is 10.0. The summed E-state index contributed by atoms with van der Waals surface area (Å²) in [5.41, 5.74) is 0. The van der Waals surface area contributed by atoms with Crippen LogP contribution in [-0.2, 0) is 65.4 Å². The maximum Gasteiger partial charge on any atom is 0.472 e. The standard InChI is InChI=1S/C74H144O17P2/c1-5-9-13-17-20-23-26-29-31-33-34-35-37-40-43-46-49-53-57-61-74(79)91-70(65-85-72(77)59-55-51-47-44-41-39-36-32-30-27-24-21-18-14-10-6-2)67-89-93(82,83)87-63-68(75)62-86-92(80,81)88-66-69(64-84-71(76)58-54-50-16-12-8-4)90-73(78)60-56-52-48-45-42-38-28-25-22-19-15-11-7-3/h68-70,75H,5-67H2,1-4H3,(H,80,81)(H,82,83)/t68-,69+,70+/m0/s1. The normalized spacial score (nSPS) is 13.9. The minimum atomic E-state index is -4.95. The molecule has 17 nitrogen and oxygen atoms in total. The van der Waals surface area contributed by atoms with Crippen LogP contribution < -0.4 is 0 Å². The molecule has 0 aliphatic rings. The first kappa shape index (κ1) is 91.1. The fourth-order valence-electron chi connectivity index (χ4n) is 11.4. The molecule has 0 aromatic rings. The molecule has 5 atom stereocenters. The van der Waals surface area contributed by atoms with Crippen LogP contribution in [0.15, 0.2) is 0 Å². The lowest BCUT2D eigenvalue weighted by Gasteiger charge is -2.21. The van der Waals surface area contributed by atoms with Crippen molar-refractivity contribution in [2.24, 2.45) is 0 Å². The van der Waals surface area contributed by atoms with Gasteiger partial charge in [0.2, 0.25) is 0 Å². The van der Waals surface area contributed by atoms with Crippen LogP contribution in [0.4, 0.5) is 0 Å². The summed E-state index contributed by atoms with van der Waals surface area (Å²) in [6.45, 7) is 4.89. The summed E-state index contributed by atoms with van der Waals surface area (Å²) in [5, 5.41) is 10.6. The number of esters is 4. The molecular weight excluding hydrogens is 1220 g/mol. The van der Waals surface area contributed by atoms with Gasteiger partial charge in [-0.1, -0.05) is 342 Å². The Hall–Kier alpha value is -1.94. The number of rotatable bonds is 75. The first-order chi connectivity index (χ1) is 45.2. The second kappa shape index (κ2) is 68.6. The molecule has 93 heavy (non-hydrogen) atoms. The van der Waals surface area contributed by atoms with E-state index in [2.05, 4.69) is 27.7 Å². The molecule has 0 radical (unpaired) electrons. The van der Waals surface area contributed by atoms with Crippen LogP contribution >= 0.6 is 15.6 Å². The summed E-state index contributed by atoms with van der Waals surface area (Å²) >= 11 is 0. The minimum Gasteiger partial charge on any atom is -0.462 e. The Morgan fingerprint density at radius 1 is 0.258 bits per heavy atom. The van der Waals surface area contributed by atoms with Gasteiger partial charge in [-0.2, -0.15) is 0 Å². The topological polar surface area (TPSA) is 237 Å². The number of unbranched alkanes of at least 4 members (excludes halogenated alkanes) is 49. The fraction of sp³-hybridized carbons (Fsp3) is 0.946. The molecule has 552 valence electrons. The van der Waals surface area contributed by atoms with Gasteiger partial charge in [0, 0.05) is 25.7 Å². The van der Waals surface area contributed by atoms with Crippen LogP contribution in [0.2, 0.25) is 0 Å². The Kier molecular flexibility index (Phi) is 67.1. The Labute approximate surface area is 568 Å². The van der Waals surface area contributed by atoms with E-state index in [4.69, 9.17) is 37.0 Å². The Bertz CT molecular complexity index is 1770. The molecule has 2 unspecified atom stereocenters. The van der Waals surface area contributed by atoms with Crippen LogP contribution in [0.5, 0.6) is 0 Å². The summed E-state index contributed by atoms with van der Waals surface area (Å²) in [5.74, 6) is -2.13. The Balaban J connectivity index is 5.14. The maximum atomic E-state index is 13.1. The highest BCUT2D eigenvalue weighted by Gasteiger charge is 2.30. The summed E-state index contributed by atoms with van der Waals surface area (Å²) in [6, 6.07) is 0. The lowest BCUT2D eigenvalue weighted by molar-refractivity contribution is -0.161. The van der Waals surface area contributed by atoms with Crippen molar-refractivity contribution in [3.8, 4) is 0 Å². The van der Waals surface area contributed by atoms with Crippen LogP contribution in [0.1, 0.15) is 394 Å². The fourth-order valence-corrected chi connectivity index (χ4v) is 13.0. The SMILES string of the molecule is CCCCCCCCCCCCCCCCCCCCCC(=O)O[C@H](COC(=O)CCCCCCCCCCCCCCCCCC)COP(=O)(O)OC[C@@H](O)COP(=O)(O)OC[C@@H](COC(=O)CCCCCCC)OC(=O)CCCCCCCCCCCCCCC. The van der Waals surface area contributed by atoms with Crippen molar-refractivity contribution in [2.45, 2.75) is 412 Å². The molecule has 0 aliphatic heterocycles. The third-order valence-corrected chi connectivity index (χ3v) is 19.3. The summed E-state index contributed by atoms with van der Waals surface area (Å²) in [7, 11) is -9.89. The lowest BCUT2D eigenvalue weighted by Crippen LogP contribution is -2.30. The van der Waals surface area contributed by atoms with Gasteiger partial charge in [-0.05, 0) is 25.7 Å². The highest BCUT2D eigenvalue weighted by molar-refractivity contribution is 7.47. The van der Waals surface area contributed by atoms with E-state index in [0.29, 0.717) is 25.7 Å². The molecule has 0 aromatic heterocycles. The highest BCUT2D eigenvalue weighted by Crippen LogP contribution is 2.45. The van der Waals surface area contributed by atoms with E-state index < -0.39 is 97.5 Å². The predicted molar refractivity (Wildman–Crippen MR) is 377 cm³/mol. The molecule has 0 heterocycles. The van der Waals surface area contributed by atoms with Gasteiger partial charge in [0.15, 0.2) is 12.2 Å². The number of carbonyl (C=O) groups is 4. The summed E-state index contributed by atoms with van der Waals surface area (Å²) in [6.07, 6.45) is 58.6. The second-order valence-corrected chi connectivity index (χ2v) is 29.6. The summed E-state index contributed by atoms with van der Waals surface area (Å²) in [4.78, 5) is 72.4. The summed E-state index contributed by atoms with van der Waals surface area (Å²) < 4.78 is 68.2. The van der Waals surface area contributed by atoms with Gasteiger partial charge in [-0.15, -0.1) is 0 Å². The zero-order chi connectivity index (χ0) is 68.2. The van der Waals surface area contributed by atoms with Gasteiger partial charge in [0.1, 0.15) is 19.3 Å². The zero-order valence-electron chi connectivity index (χ0n) is 60.2. The van der Waals surface area contributed by atoms with Gasteiger partial charge >= 0.3 is 39.5 Å². The number of aliphatic hydroxyl groups excluding tert-OH is 1. The molecule has 0 saturated carbocycles. The van der Waals surface area contributed by atoms with E-state index >= 15 is 0 Å². The van der Waals surface area contributed by atoms with E-state index in [9.17, 15) is 43.2 Å². The number of hydrogen-bond donors (Lipinski definition) is 3. The van der Waals surface area contributed by atoms with Crippen molar-refractivity contribution in [1.29, 1.82) is 0 Å². The van der Waals surface area contributed by atoms with Gasteiger partial charge in [0.25, 0.3) is 0 Å². The van der Waals surface area contributed by atoms with Crippen LogP contribution in [-0.4, -0.2) is 96.7 Å². The number of carbonyl (C=O) groups excluding carboxylic acids is 4. The molecule has 0 saturated heterocycles. The second-order valence-electron chi connectivity index (χ2n) is 26.7. The Morgan fingerprint density at radius 3 is 0.634 bits per heavy atom. The minimum absolute atomic E-state index is 0.107. The molecule has 0 rings (SSSR count). The molecular formula is C74H144O17P2. The number of phosphoric ester groups is 2. The first-order valence-corrected chi connectivity index (χ1v) is 41.8. The first-order valence-electron chi connectivity index (χ1n) is 38.8. The highest BCUT2D eigenvalue weighted by atomic mass is 31.2. The van der Waals surface area contributed by atoms with Crippen molar-refractivity contribution < 1.29 is 80.2 Å². The van der Waals surface area contributed by atoms with E-state index in [1.165, 1.54) is 218 Å². The molecule has 3 N–H and O–H groups in total. The van der Waals surface area contributed by atoms with E-state index in [1.54, 1.807) is 0 Å². The maximum absolute atomic E-state index is 13.1. The average Bonchev–Trinajstić information content (AvgIpc) is 2.66. The molecule has 0 amide bonds. The Morgan fingerprint density at radius 2 is 0.430 bits per heavy atom. The molecule has 0 aliphatic carbocycles. The molecule has 0 fully saturated rings. The molecule has 19 heteroatoms. The van der Waals surface area contributed by atoms with Gasteiger partial charge in [0.05, 0.1) is 26.4 Å². The third kappa shape index (κ3) is 68.4. The molecule has 0 spiro atoms. The van der Waals surface area contributed by atoms with Crippen molar-refractivity contribution in [3.05, 3.63) is 0 Å². The van der Waals surface area contributed by atoms with Crippen molar-refractivity contribution in [1.82, 2.24) is 0 Å². The number of ether oxygens (including phenoxy) is 4. The quantitative estimate of drug-likeness (QED) is 0.0222. The number of phosphoric acid groups is 2. The molecule has 0 bridgehead atoms. The molecule has 0 aromatic carbocycles. The largest absolute Gasteiger partial charge is 0.472 e. The van der Waals surface area contributed by atoms with Crippen LogP contribution in [0, 0.1) is 0 Å². The zero-order valence-corrected chi connectivity index (χ0v) is 62.0. The average molecular weight is 1370 g/mol. The third-order valence-electron chi connectivity index (χ3n) is 17.4. The predicted octanol–water partition coefficient (Wildman–Crippen LogP) is 21.8. The number of aliphatic hydroxyl groups is 1. The smallest absolute Gasteiger partial charge is 0.462 e. The van der Waals surface area contributed by atoms with Crippen molar-refractivity contribution in [3.63, 3.8) is 0 Å². The van der Waals surface area contributed by atoms with Gasteiger partial charge in [-0.3, -0.25) is 37.3 Å². The monoisotopic (exact) mass is 1370 g/mol. The van der Waals surface area contributed by atoms with Gasteiger partial charge in [-0.25, -0.2) is 9.13 Å². The van der Waals surface area contributed by atoms with Gasteiger partial charge < -0.3 is 33.8 Å². The van der Waals surface area contributed by atoms with Crippen molar-refractivity contribution in [2.75, 3.05) is 39.6 Å². The van der Waals surface area contributed by atoms with E-state index in [1.807, 2.05) is 0 Å². The van der Waals surface area contributed by atoms with E-state index in [-0.39, 0.29) is 25.7 Å². The van der Waals surface area contributed by atoms with E-state index in [0.717, 1.165) is 96.3 Å². The number of hydrogen-bond acceptors (Lipinski definition) is 15. The van der Waals surface area contributed by atoms with Crippen molar-refractivity contribution >= 4 is 39.5 Å². The van der Waals surface area contributed by atoms with Crippen LogP contribution in [0.25, 0.3) is 0 Å². The van der Waals surface area contributed by atoms with Crippen LogP contribution in [0.3, 0.4) is 0 Å².